The SMILES string of the molecule is COc1ccc2c(c1)C(N)(COc1ccccc1)N(OC)C2=O. The summed E-state index contributed by atoms with van der Waals surface area (Å²) in [5, 5.41) is 1.14. The molecule has 120 valence electrons. The maximum absolute atomic E-state index is 12.5. The number of carbonyl (C=O) groups excluding carboxylic acids is 1. The number of rotatable bonds is 5. The lowest BCUT2D eigenvalue weighted by Crippen LogP contribution is -2.54. The lowest BCUT2D eigenvalue weighted by molar-refractivity contribution is -0.167. The van der Waals surface area contributed by atoms with Crippen molar-refractivity contribution < 1.29 is 19.1 Å². The van der Waals surface area contributed by atoms with Crippen molar-refractivity contribution in [3.05, 3.63) is 59.7 Å². The molecule has 1 aliphatic heterocycles. The van der Waals surface area contributed by atoms with Gasteiger partial charge in [0.2, 0.25) is 0 Å². The summed E-state index contributed by atoms with van der Waals surface area (Å²) in [6.07, 6.45) is 0. The van der Waals surface area contributed by atoms with Crippen LogP contribution < -0.4 is 15.2 Å². The van der Waals surface area contributed by atoms with Gasteiger partial charge in [-0.25, -0.2) is 0 Å². The van der Waals surface area contributed by atoms with Gasteiger partial charge in [-0.3, -0.25) is 15.4 Å². The van der Waals surface area contributed by atoms with Gasteiger partial charge in [0.1, 0.15) is 18.1 Å². The predicted octanol–water partition coefficient (Wildman–Crippen LogP) is 1.90. The van der Waals surface area contributed by atoms with Crippen molar-refractivity contribution in [3.63, 3.8) is 0 Å². The number of amides is 1. The summed E-state index contributed by atoms with van der Waals surface area (Å²) in [7, 11) is 2.97. The number of nitrogens with two attached hydrogens (primary N) is 1. The second-order valence-corrected chi connectivity index (χ2v) is 5.22. The fraction of sp³-hybridized carbons (Fsp3) is 0.235. The molecule has 6 heteroatoms. The molecule has 1 aliphatic rings. The highest BCUT2D eigenvalue weighted by molar-refractivity contribution is 5.99. The number of para-hydroxylation sites is 1. The van der Waals surface area contributed by atoms with Crippen LogP contribution in [0.25, 0.3) is 0 Å². The highest BCUT2D eigenvalue weighted by Crippen LogP contribution is 2.37. The maximum atomic E-state index is 12.5. The largest absolute Gasteiger partial charge is 0.497 e. The molecule has 1 heterocycles. The Labute approximate surface area is 134 Å². The third kappa shape index (κ3) is 2.52. The molecule has 6 nitrogen and oxygen atoms in total. The van der Waals surface area contributed by atoms with Crippen LogP contribution in [0.4, 0.5) is 0 Å². The molecule has 2 N–H and O–H groups in total. The number of nitrogens with zero attached hydrogens (tertiary/aromatic N) is 1. The molecule has 1 unspecified atom stereocenters. The number of benzene rings is 2. The number of methoxy groups -OCH3 is 1. The molecule has 3 rings (SSSR count). The van der Waals surface area contributed by atoms with Gasteiger partial charge in [-0.1, -0.05) is 18.2 Å². The Morgan fingerprint density at radius 2 is 1.83 bits per heavy atom. The van der Waals surface area contributed by atoms with Gasteiger partial charge in [0.25, 0.3) is 5.91 Å². The van der Waals surface area contributed by atoms with Crippen molar-refractivity contribution in [1.82, 2.24) is 5.06 Å². The topological polar surface area (TPSA) is 74.0 Å². The molecule has 0 spiro atoms. The van der Waals surface area contributed by atoms with E-state index in [4.69, 9.17) is 20.0 Å². The van der Waals surface area contributed by atoms with Gasteiger partial charge in [0.05, 0.1) is 14.2 Å². The minimum Gasteiger partial charge on any atom is -0.497 e. The van der Waals surface area contributed by atoms with Crippen molar-refractivity contribution in [2.45, 2.75) is 5.66 Å². The van der Waals surface area contributed by atoms with Crippen LogP contribution in [0.5, 0.6) is 11.5 Å². The van der Waals surface area contributed by atoms with E-state index in [1.165, 1.54) is 7.11 Å². The van der Waals surface area contributed by atoms with E-state index < -0.39 is 5.66 Å². The highest BCUT2D eigenvalue weighted by Gasteiger charge is 2.49. The van der Waals surface area contributed by atoms with Crippen LogP contribution in [0.1, 0.15) is 15.9 Å². The van der Waals surface area contributed by atoms with Crippen molar-refractivity contribution in [1.29, 1.82) is 0 Å². The van der Waals surface area contributed by atoms with E-state index in [1.54, 1.807) is 25.3 Å². The fourth-order valence-electron chi connectivity index (χ4n) is 2.69. The Bertz CT molecular complexity index is 720. The molecule has 2 aromatic rings. The van der Waals surface area contributed by atoms with Crippen molar-refractivity contribution >= 4 is 5.91 Å². The minimum atomic E-state index is -1.23. The standard InChI is InChI=1S/C17H18N2O4/c1-21-13-8-9-14-15(10-13)17(18,19(22-2)16(14)20)11-23-12-6-4-3-5-7-12/h3-10H,11,18H2,1-2H3. The molecule has 1 atom stereocenters. The third-order valence-electron chi connectivity index (χ3n) is 3.86. The number of hydrogen-bond donors (Lipinski definition) is 1. The second-order valence-electron chi connectivity index (χ2n) is 5.22. The Balaban J connectivity index is 1.97. The predicted molar refractivity (Wildman–Crippen MR) is 84.0 cm³/mol. The lowest BCUT2D eigenvalue weighted by atomic mass is 10.00. The van der Waals surface area contributed by atoms with Crippen LogP contribution in [0.15, 0.2) is 48.5 Å². The fourth-order valence-corrected chi connectivity index (χ4v) is 2.69. The molecule has 0 bridgehead atoms. The molecular formula is C17H18N2O4. The molecule has 23 heavy (non-hydrogen) atoms. The number of hydrogen-bond acceptors (Lipinski definition) is 5. The summed E-state index contributed by atoms with van der Waals surface area (Å²) in [4.78, 5) is 17.7. The third-order valence-corrected chi connectivity index (χ3v) is 3.86. The number of ether oxygens (including phenoxy) is 2. The Morgan fingerprint density at radius 1 is 1.09 bits per heavy atom. The van der Waals surface area contributed by atoms with Crippen LogP contribution >= 0.6 is 0 Å². The van der Waals surface area contributed by atoms with Gasteiger partial charge in [-0.15, -0.1) is 0 Å². The first-order chi connectivity index (χ1) is 11.1. The summed E-state index contributed by atoms with van der Waals surface area (Å²) < 4.78 is 11.0. The number of carbonyl (C=O) groups is 1. The first kappa shape index (κ1) is 15.3. The molecule has 1 amide bonds. The molecule has 0 radical (unpaired) electrons. The summed E-state index contributed by atoms with van der Waals surface area (Å²) in [6.45, 7) is 0.0523. The van der Waals surface area contributed by atoms with Crippen molar-refractivity contribution in [2.75, 3.05) is 20.8 Å². The zero-order valence-electron chi connectivity index (χ0n) is 13.0. The average molecular weight is 314 g/mol. The molecule has 2 aromatic carbocycles. The number of hydroxylamine groups is 2. The van der Waals surface area contributed by atoms with E-state index in [-0.39, 0.29) is 12.5 Å². The first-order valence-electron chi connectivity index (χ1n) is 7.14. The Kier molecular flexibility index (Phi) is 3.94. The Morgan fingerprint density at radius 3 is 2.48 bits per heavy atom. The van der Waals surface area contributed by atoms with Gasteiger partial charge in [0.15, 0.2) is 5.66 Å². The lowest BCUT2D eigenvalue weighted by Gasteiger charge is -2.33. The van der Waals surface area contributed by atoms with Gasteiger partial charge < -0.3 is 9.47 Å². The van der Waals surface area contributed by atoms with E-state index in [0.29, 0.717) is 22.6 Å². The molecule has 0 saturated carbocycles. The zero-order valence-corrected chi connectivity index (χ0v) is 13.0. The molecule has 0 aliphatic carbocycles. The molecule has 0 saturated heterocycles. The van der Waals surface area contributed by atoms with E-state index >= 15 is 0 Å². The van der Waals surface area contributed by atoms with Gasteiger partial charge >= 0.3 is 0 Å². The first-order valence-corrected chi connectivity index (χ1v) is 7.14. The minimum absolute atomic E-state index is 0.0523. The Hall–Kier alpha value is -2.57. The van der Waals surface area contributed by atoms with Crippen LogP contribution in [0.3, 0.4) is 0 Å². The van der Waals surface area contributed by atoms with Gasteiger partial charge in [0, 0.05) is 11.1 Å². The molecule has 0 fully saturated rings. The molecule has 0 aromatic heterocycles. The van der Waals surface area contributed by atoms with Crippen molar-refractivity contribution in [3.8, 4) is 11.5 Å². The van der Waals surface area contributed by atoms with Gasteiger partial charge in [-0.2, -0.15) is 5.06 Å². The van der Waals surface area contributed by atoms with Crippen molar-refractivity contribution in [2.24, 2.45) is 5.73 Å². The van der Waals surface area contributed by atoms with E-state index in [2.05, 4.69) is 0 Å². The summed E-state index contributed by atoms with van der Waals surface area (Å²) >= 11 is 0. The second kappa shape index (κ2) is 5.91. The molecular weight excluding hydrogens is 296 g/mol. The average Bonchev–Trinajstić information content (AvgIpc) is 2.81. The monoisotopic (exact) mass is 314 g/mol. The van der Waals surface area contributed by atoms with Crippen LogP contribution in [-0.4, -0.2) is 31.8 Å². The smallest absolute Gasteiger partial charge is 0.280 e. The van der Waals surface area contributed by atoms with E-state index in [0.717, 1.165) is 5.06 Å². The highest BCUT2D eigenvalue weighted by atomic mass is 16.7. The summed E-state index contributed by atoms with van der Waals surface area (Å²) in [6, 6.07) is 14.4. The summed E-state index contributed by atoms with van der Waals surface area (Å²) in [5.74, 6) is 0.977. The van der Waals surface area contributed by atoms with Crippen LogP contribution in [0, 0.1) is 0 Å². The quantitative estimate of drug-likeness (QED) is 0.912. The van der Waals surface area contributed by atoms with Gasteiger partial charge in [-0.05, 0) is 30.3 Å². The van der Waals surface area contributed by atoms with Crippen LogP contribution in [0.2, 0.25) is 0 Å². The van der Waals surface area contributed by atoms with E-state index in [1.807, 2.05) is 30.3 Å². The number of fused-ring (bicyclic) bond motifs is 1. The zero-order chi connectivity index (χ0) is 16.4. The normalized spacial score (nSPS) is 19.6. The summed E-state index contributed by atoms with van der Waals surface area (Å²) in [5.41, 5.74) is 6.35. The maximum Gasteiger partial charge on any atom is 0.280 e. The van der Waals surface area contributed by atoms with E-state index in [9.17, 15) is 4.79 Å². The van der Waals surface area contributed by atoms with Crippen LogP contribution in [-0.2, 0) is 10.5 Å².